The zero-order valence-electron chi connectivity index (χ0n) is 34.1. The molecule has 59 heavy (non-hydrogen) atoms. The van der Waals surface area contributed by atoms with Gasteiger partial charge < -0.3 is 39.1 Å². The first-order chi connectivity index (χ1) is 28.8. The van der Waals surface area contributed by atoms with Gasteiger partial charge >= 0.3 is 6.03 Å². The SMILES string of the molecule is COc1ccc(CN(Cc2ccc(OC)cc2)c2ncc(-c3nc(N4CCOCC4)nc4c3CCN4C(=O)Nc3cc(C(=O)N4CCN(C)CC4)ccc3C)cn2)cc1. The number of methoxy groups -OCH3 is 2. The molecule has 0 aliphatic carbocycles. The molecule has 2 fully saturated rings. The number of nitrogens with one attached hydrogen (secondary N) is 1. The summed E-state index contributed by atoms with van der Waals surface area (Å²) in [4.78, 5) is 57.4. The Morgan fingerprint density at radius 1 is 0.797 bits per heavy atom. The number of anilines is 4. The number of nitrogens with zero attached hydrogens (tertiary/aromatic N) is 9. The maximum atomic E-state index is 14.2. The summed E-state index contributed by atoms with van der Waals surface area (Å²) < 4.78 is 16.4. The van der Waals surface area contributed by atoms with Crippen molar-refractivity contribution < 1.29 is 23.8 Å². The van der Waals surface area contributed by atoms with Crippen molar-refractivity contribution in [3.8, 4) is 22.8 Å². The Morgan fingerprint density at radius 3 is 2.03 bits per heavy atom. The van der Waals surface area contributed by atoms with Crippen LogP contribution in [0.2, 0.25) is 0 Å². The second-order valence-corrected chi connectivity index (χ2v) is 15.1. The fourth-order valence-corrected chi connectivity index (χ4v) is 7.56. The number of aromatic nitrogens is 4. The highest BCUT2D eigenvalue weighted by molar-refractivity contribution is 6.04. The number of aryl methyl sites for hydroxylation is 1. The van der Waals surface area contributed by atoms with E-state index in [2.05, 4.69) is 27.1 Å². The summed E-state index contributed by atoms with van der Waals surface area (Å²) in [6.45, 7) is 8.81. The molecule has 3 aliphatic rings. The van der Waals surface area contributed by atoms with E-state index < -0.39 is 0 Å². The third-order valence-corrected chi connectivity index (χ3v) is 11.1. The summed E-state index contributed by atoms with van der Waals surface area (Å²) in [7, 11) is 5.37. The molecule has 306 valence electrons. The Hall–Kier alpha value is -6.32. The molecule has 0 radical (unpaired) electrons. The fraction of sp³-hybridized carbons (Fsp3) is 0.364. The number of benzene rings is 3. The van der Waals surface area contributed by atoms with Crippen LogP contribution in [0, 0.1) is 6.92 Å². The van der Waals surface area contributed by atoms with Gasteiger partial charge in [-0.05, 0) is 73.5 Å². The van der Waals surface area contributed by atoms with Crippen molar-refractivity contribution in [1.29, 1.82) is 0 Å². The van der Waals surface area contributed by atoms with Gasteiger partial charge in [0, 0.05) is 93.7 Å². The molecule has 3 aliphatic heterocycles. The average Bonchev–Trinajstić information content (AvgIpc) is 3.72. The lowest BCUT2D eigenvalue weighted by molar-refractivity contribution is 0.0664. The van der Waals surface area contributed by atoms with E-state index in [-0.39, 0.29) is 11.9 Å². The van der Waals surface area contributed by atoms with Crippen molar-refractivity contribution in [3.05, 3.63) is 107 Å². The molecule has 5 aromatic rings. The molecule has 2 aromatic heterocycles. The van der Waals surface area contributed by atoms with Crippen LogP contribution in [0.25, 0.3) is 11.3 Å². The van der Waals surface area contributed by atoms with Crippen LogP contribution in [0.5, 0.6) is 11.5 Å². The summed E-state index contributed by atoms with van der Waals surface area (Å²) in [5.41, 5.74) is 6.41. The minimum Gasteiger partial charge on any atom is -0.497 e. The molecular weight excluding hydrogens is 749 g/mol. The predicted octanol–water partition coefficient (Wildman–Crippen LogP) is 5.28. The van der Waals surface area contributed by atoms with E-state index in [1.165, 1.54) is 0 Å². The quantitative estimate of drug-likeness (QED) is 0.186. The van der Waals surface area contributed by atoms with Gasteiger partial charge in [-0.15, -0.1) is 0 Å². The number of piperazine rings is 1. The highest BCUT2D eigenvalue weighted by Crippen LogP contribution is 2.36. The topological polar surface area (TPSA) is 142 Å². The van der Waals surface area contributed by atoms with Gasteiger partial charge in [0.2, 0.25) is 11.9 Å². The summed E-state index contributed by atoms with van der Waals surface area (Å²) in [6.07, 6.45) is 4.15. The Balaban J connectivity index is 1.08. The van der Waals surface area contributed by atoms with Crippen molar-refractivity contribution >= 4 is 35.3 Å². The molecule has 15 nitrogen and oxygen atoms in total. The lowest BCUT2D eigenvalue weighted by Crippen LogP contribution is -2.47. The number of fused-ring (bicyclic) bond motifs is 1. The van der Waals surface area contributed by atoms with Gasteiger partial charge in [-0.3, -0.25) is 9.69 Å². The minimum absolute atomic E-state index is 0.0366. The molecule has 3 aromatic carbocycles. The molecule has 3 amide bonds. The van der Waals surface area contributed by atoms with Gasteiger partial charge in [0.15, 0.2) is 0 Å². The smallest absolute Gasteiger partial charge is 0.327 e. The Kier molecular flexibility index (Phi) is 11.8. The molecule has 0 unspecified atom stereocenters. The summed E-state index contributed by atoms with van der Waals surface area (Å²) in [5.74, 6) is 3.16. The molecule has 0 bridgehead atoms. The van der Waals surface area contributed by atoms with Crippen LogP contribution in [0.4, 0.5) is 28.2 Å². The van der Waals surface area contributed by atoms with Crippen LogP contribution >= 0.6 is 0 Å². The Morgan fingerprint density at radius 2 is 1.42 bits per heavy atom. The van der Waals surface area contributed by atoms with Gasteiger partial charge in [0.25, 0.3) is 5.91 Å². The zero-order valence-corrected chi connectivity index (χ0v) is 34.1. The van der Waals surface area contributed by atoms with E-state index in [9.17, 15) is 9.59 Å². The van der Waals surface area contributed by atoms with Crippen molar-refractivity contribution in [3.63, 3.8) is 0 Å². The number of carbonyl (C=O) groups excluding carboxylic acids is 2. The maximum Gasteiger partial charge on any atom is 0.327 e. The van der Waals surface area contributed by atoms with Crippen LogP contribution in [0.3, 0.4) is 0 Å². The number of amides is 3. The number of carbonyl (C=O) groups is 2. The molecule has 0 saturated carbocycles. The molecule has 15 heteroatoms. The molecule has 0 atom stereocenters. The number of rotatable bonds is 11. The van der Waals surface area contributed by atoms with Crippen molar-refractivity contribution in [1.82, 2.24) is 29.7 Å². The van der Waals surface area contributed by atoms with Crippen LogP contribution < -0.4 is 29.5 Å². The van der Waals surface area contributed by atoms with E-state index in [0.717, 1.165) is 52.4 Å². The lowest BCUT2D eigenvalue weighted by atomic mass is 10.1. The Labute approximate surface area is 344 Å². The molecular formula is C44H50N10O5. The van der Waals surface area contributed by atoms with Crippen LogP contribution in [0.15, 0.2) is 79.1 Å². The molecule has 2 saturated heterocycles. The number of hydrogen-bond donors (Lipinski definition) is 1. The van der Waals surface area contributed by atoms with Gasteiger partial charge in [-0.2, -0.15) is 4.98 Å². The minimum atomic E-state index is -0.326. The van der Waals surface area contributed by atoms with Gasteiger partial charge in [0.1, 0.15) is 17.3 Å². The molecule has 8 rings (SSSR count). The van der Waals surface area contributed by atoms with Crippen molar-refractivity contribution in [2.45, 2.75) is 26.4 Å². The molecule has 1 N–H and O–H groups in total. The molecule has 0 spiro atoms. The summed E-state index contributed by atoms with van der Waals surface area (Å²) >= 11 is 0. The summed E-state index contributed by atoms with van der Waals surface area (Å²) in [6, 6.07) is 21.1. The number of hydrogen-bond acceptors (Lipinski definition) is 12. The number of urea groups is 1. The number of ether oxygens (including phenoxy) is 3. The number of morpholine rings is 1. The third kappa shape index (κ3) is 8.91. The van der Waals surface area contributed by atoms with E-state index >= 15 is 0 Å². The summed E-state index contributed by atoms with van der Waals surface area (Å²) in [5, 5.41) is 3.10. The predicted molar refractivity (Wildman–Crippen MR) is 227 cm³/mol. The van der Waals surface area contributed by atoms with Crippen LogP contribution in [0.1, 0.15) is 32.6 Å². The standard InChI is InChI=1S/C44H50N10O5/c1-30-5-10-33(41(55)51-19-17-50(2)18-20-51)25-38(30)47-44(56)54-16-15-37-39(48-43(49-40(37)54)52-21-23-59-24-22-52)34-26-45-42(46-27-34)53(28-31-6-11-35(57-3)12-7-31)29-32-8-13-36(58-4)14-9-32/h5-14,25-27H,15-24,28-29H2,1-4H3,(H,47,56). The average molecular weight is 799 g/mol. The van der Waals surface area contributed by atoms with Gasteiger partial charge in [0.05, 0.1) is 33.1 Å². The first-order valence-corrected chi connectivity index (χ1v) is 20.0. The van der Waals surface area contributed by atoms with E-state index in [0.29, 0.717) is 100 Å². The maximum absolute atomic E-state index is 14.2. The second-order valence-electron chi connectivity index (χ2n) is 15.1. The van der Waals surface area contributed by atoms with Gasteiger partial charge in [-0.25, -0.2) is 19.7 Å². The number of likely N-dealkylation sites (N-methyl/N-ethyl adjacent to an activating group) is 1. The van der Waals surface area contributed by atoms with E-state index in [1.807, 2.05) is 72.5 Å². The molecule has 5 heterocycles. The van der Waals surface area contributed by atoms with Crippen LogP contribution in [-0.2, 0) is 24.2 Å². The van der Waals surface area contributed by atoms with E-state index in [4.69, 9.17) is 34.1 Å². The monoisotopic (exact) mass is 798 g/mol. The zero-order chi connectivity index (χ0) is 40.9. The first-order valence-electron chi connectivity index (χ1n) is 20.0. The van der Waals surface area contributed by atoms with Gasteiger partial charge in [-0.1, -0.05) is 30.3 Å². The van der Waals surface area contributed by atoms with E-state index in [1.54, 1.807) is 37.6 Å². The Bertz CT molecular complexity index is 2210. The normalized spacial score (nSPS) is 15.5. The third-order valence-electron chi connectivity index (χ3n) is 11.1. The first kappa shape index (κ1) is 39.5. The van der Waals surface area contributed by atoms with Crippen molar-refractivity contribution in [2.75, 3.05) is 100 Å². The van der Waals surface area contributed by atoms with Crippen molar-refractivity contribution in [2.24, 2.45) is 0 Å². The lowest BCUT2D eigenvalue weighted by Gasteiger charge is -2.32. The van der Waals surface area contributed by atoms with Crippen LogP contribution in [-0.4, -0.2) is 122 Å². The highest BCUT2D eigenvalue weighted by Gasteiger charge is 2.33. The largest absolute Gasteiger partial charge is 0.497 e. The second kappa shape index (κ2) is 17.7. The highest BCUT2D eigenvalue weighted by atomic mass is 16.5. The fourth-order valence-electron chi connectivity index (χ4n) is 7.56.